The van der Waals surface area contributed by atoms with Crippen LogP contribution in [0.4, 0.5) is 5.69 Å². The molecule has 1 aliphatic rings. The Labute approximate surface area is 193 Å². The first-order chi connectivity index (χ1) is 15.7. The molecule has 5 rings (SSSR count). The molecule has 2 N–H and O–H groups in total. The van der Waals surface area contributed by atoms with Crippen molar-refractivity contribution in [3.8, 4) is 17.5 Å². The van der Waals surface area contributed by atoms with Gasteiger partial charge in [0.2, 0.25) is 5.91 Å². The molecule has 160 valence electrons. The quantitative estimate of drug-likeness (QED) is 0.355. The second kappa shape index (κ2) is 9.10. The van der Waals surface area contributed by atoms with Crippen molar-refractivity contribution in [3.05, 3.63) is 54.7 Å². The molecule has 2 aromatic carbocycles. The van der Waals surface area contributed by atoms with Crippen LogP contribution >= 0.6 is 23.5 Å². The van der Waals surface area contributed by atoms with Gasteiger partial charge < -0.3 is 10.3 Å². The average molecular weight is 461 g/mol. The number of fused-ring (bicyclic) bond motifs is 1. The first-order valence-corrected chi connectivity index (χ1v) is 12.2. The van der Waals surface area contributed by atoms with Crippen LogP contribution in [0.5, 0.6) is 0 Å². The van der Waals surface area contributed by atoms with Crippen LogP contribution in [-0.2, 0) is 4.79 Å². The average Bonchev–Trinajstić information content (AvgIpc) is 3.42. The van der Waals surface area contributed by atoms with Gasteiger partial charge in [-0.1, -0.05) is 42.1 Å². The zero-order chi connectivity index (χ0) is 21.9. The largest absolute Gasteiger partial charge is 0.360 e. The number of carbonyl (C=O) groups is 1. The van der Waals surface area contributed by atoms with E-state index in [4.69, 9.17) is 5.26 Å². The van der Waals surface area contributed by atoms with E-state index < -0.39 is 0 Å². The van der Waals surface area contributed by atoms with Crippen molar-refractivity contribution in [2.24, 2.45) is 0 Å². The molecule has 1 saturated carbocycles. The van der Waals surface area contributed by atoms with Gasteiger partial charge in [-0.05, 0) is 31.0 Å². The standard InChI is InChI=1S/C23H20N6OS2/c24-11-12-31-20-8-4-3-7-19(20)26-21(30)14-32-23-28-27-22(29(23)15-9-10-15)17-13-25-18-6-2-1-5-16(17)18/h1-8,13,15,25H,9-10,12,14H2,(H,26,30). The van der Waals surface area contributed by atoms with Crippen molar-refractivity contribution in [1.29, 1.82) is 5.26 Å². The van der Waals surface area contributed by atoms with E-state index in [1.807, 2.05) is 48.7 Å². The van der Waals surface area contributed by atoms with Crippen molar-refractivity contribution >= 4 is 46.0 Å². The summed E-state index contributed by atoms with van der Waals surface area (Å²) in [4.78, 5) is 16.8. The molecule has 2 aromatic heterocycles. The van der Waals surface area contributed by atoms with Crippen LogP contribution in [0.3, 0.4) is 0 Å². The SMILES string of the molecule is N#CCSc1ccccc1NC(=O)CSc1nnc(-c2c[nH]c3ccccc23)n1C1CC1. The number of amides is 1. The third-order valence-corrected chi connectivity index (χ3v) is 7.08. The maximum absolute atomic E-state index is 12.7. The van der Waals surface area contributed by atoms with Crippen molar-refractivity contribution in [2.45, 2.75) is 28.9 Å². The number of thioether (sulfide) groups is 2. The molecule has 0 aliphatic heterocycles. The number of aromatic amines is 1. The summed E-state index contributed by atoms with van der Waals surface area (Å²) in [6, 6.07) is 18.2. The van der Waals surface area contributed by atoms with Gasteiger partial charge in [0.1, 0.15) is 0 Å². The second-order valence-electron chi connectivity index (χ2n) is 7.44. The van der Waals surface area contributed by atoms with Gasteiger partial charge >= 0.3 is 0 Å². The van der Waals surface area contributed by atoms with Crippen LogP contribution in [0, 0.1) is 11.3 Å². The molecule has 0 unspecified atom stereocenters. The Morgan fingerprint density at radius 3 is 2.81 bits per heavy atom. The summed E-state index contributed by atoms with van der Waals surface area (Å²) < 4.78 is 2.17. The Morgan fingerprint density at radius 2 is 1.97 bits per heavy atom. The number of H-pyrrole nitrogens is 1. The van der Waals surface area contributed by atoms with Gasteiger partial charge in [-0.25, -0.2) is 0 Å². The molecule has 0 radical (unpaired) electrons. The number of hydrogen-bond donors (Lipinski definition) is 2. The topological polar surface area (TPSA) is 99.4 Å². The smallest absolute Gasteiger partial charge is 0.234 e. The van der Waals surface area contributed by atoms with Crippen LogP contribution in [0.2, 0.25) is 0 Å². The Morgan fingerprint density at radius 1 is 1.16 bits per heavy atom. The van der Waals surface area contributed by atoms with Crippen molar-refractivity contribution in [3.63, 3.8) is 0 Å². The van der Waals surface area contributed by atoms with Crippen LogP contribution in [0.25, 0.3) is 22.3 Å². The van der Waals surface area contributed by atoms with E-state index in [-0.39, 0.29) is 11.7 Å². The number of carbonyl (C=O) groups excluding carboxylic acids is 1. The summed E-state index contributed by atoms with van der Waals surface area (Å²) >= 11 is 2.81. The van der Waals surface area contributed by atoms with Crippen LogP contribution in [0.15, 0.2) is 64.8 Å². The molecule has 7 nitrogen and oxygen atoms in total. The van der Waals surface area contributed by atoms with Crippen LogP contribution < -0.4 is 5.32 Å². The van der Waals surface area contributed by atoms with Crippen LogP contribution in [0.1, 0.15) is 18.9 Å². The maximum atomic E-state index is 12.7. The first-order valence-electron chi connectivity index (χ1n) is 10.3. The third kappa shape index (κ3) is 4.24. The zero-order valence-corrected chi connectivity index (χ0v) is 18.7. The molecule has 32 heavy (non-hydrogen) atoms. The summed E-state index contributed by atoms with van der Waals surface area (Å²) in [5.41, 5.74) is 2.82. The number of para-hydroxylation sites is 2. The number of rotatable bonds is 8. The maximum Gasteiger partial charge on any atom is 0.234 e. The van der Waals surface area contributed by atoms with E-state index >= 15 is 0 Å². The van der Waals surface area contributed by atoms with Crippen molar-refractivity contribution in [1.82, 2.24) is 19.7 Å². The van der Waals surface area contributed by atoms with E-state index in [1.165, 1.54) is 23.5 Å². The van der Waals surface area contributed by atoms with Gasteiger partial charge in [0.25, 0.3) is 0 Å². The Hall–Kier alpha value is -3.22. The van der Waals surface area contributed by atoms with Gasteiger partial charge in [-0.3, -0.25) is 9.36 Å². The molecule has 2 heterocycles. The fourth-order valence-corrected chi connectivity index (χ4v) is 5.07. The third-order valence-electron chi connectivity index (χ3n) is 5.19. The number of nitriles is 1. The van der Waals surface area contributed by atoms with E-state index in [2.05, 4.69) is 37.2 Å². The minimum absolute atomic E-state index is 0.112. The normalized spacial score (nSPS) is 13.2. The molecule has 0 atom stereocenters. The first kappa shape index (κ1) is 20.7. The van der Waals surface area contributed by atoms with Gasteiger partial charge in [-0.15, -0.1) is 22.0 Å². The molecular weight excluding hydrogens is 440 g/mol. The summed E-state index contributed by atoms with van der Waals surface area (Å²) in [7, 11) is 0. The lowest BCUT2D eigenvalue weighted by molar-refractivity contribution is -0.113. The van der Waals surface area contributed by atoms with Gasteiger partial charge in [0, 0.05) is 33.6 Å². The molecule has 9 heteroatoms. The lowest BCUT2D eigenvalue weighted by atomic mass is 10.1. The van der Waals surface area contributed by atoms with E-state index in [9.17, 15) is 4.79 Å². The minimum atomic E-state index is -0.112. The van der Waals surface area contributed by atoms with Gasteiger partial charge in [0.05, 0.1) is 23.3 Å². The monoisotopic (exact) mass is 460 g/mol. The van der Waals surface area contributed by atoms with Gasteiger partial charge in [-0.2, -0.15) is 5.26 Å². The molecule has 1 aliphatic carbocycles. The number of nitrogens with one attached hydrogen (secondary N) is 2. The second-order valence-corrected chi connectivity index (χ2v) is 9.39. The van der Waals surface area contributed by atoms with E-state index in [0.717, 1.165) is 50.9 Å². The number of anilines is 1. The lowest BCUT2D eigenvalue weighted by Crippen LogP contribution is -2.15. The number of benzene rings is 2. The highest BCUT2D eigenvalue weighted by molar-refractivity contribution is 8.00. The number of nitrogens with zero attached hydrogens (tertiary/aromatic N) is 4. The molecule has 1 amide bonds. The summed E-state index contributed by atoms with van der Waals surface area (Å²) in [5.74, 6) is 1.30. The lowest BCUT2D eigenvalue weighted by Gasteiger charge is -2.10. The highest BCUT2D eigenvalue weighted by Gasteiger charge is 2.31. The minimum Gasteiger partial charge on any atom is -0.360 e. The van der Waals surface area contributed by atoms with Gasteiger partial charge in [0.15, 0.2) is 11.0 Å². The predicted octanol–water partition coefficient (Wildman–Crippen LogP) is 5.11. The Kier molecular flexibility index (Phi) is 5.88. The summed E-state index contributed by atoms with van der Waals surface area (Å²) in [6.45, 7) is 0. The van der Waals surface area contributed by atoms with Crippen molar-refractivity contribution in [2.75, 3.05) is 16.8 Å². The predicted molar refractivity (Wildman–Crippen MR) is 128 cm³/mol. The molecule has 0 bridgehead atoms. The molecule has 1 fully saturated rings. The number of aromatic nitrogens is 4. The van der Waals surface area contributed by atoms with E-state index in [1.54, 1.807) is 0 Å². The molecular formula is C23H20N6OS2. The fourth-order valence-electron chi connectivity index (χ4n) is 3.60. The van der Waals surface area contributed by atoms with Crippen LogP contribution in [-0.4, -0.2) is 37.2 Å². The van der Waals surface area contributed by atoms with E-state index in [0.29, 0.717) is 11.8 Å². The highest BCUT2D eigenvalue weighted by Crippen LogP contribution is 2.42. The molecule has 0 spiro atoms. The molecule has 0 saturated heterocycles. The summed E-state index contributed by atoms with van der Waals surface area (Å²) in [6.07, 6.45) is 4.16. The highest BCUT2D eigenvalue weighted by atomic mass is 32.2. The Bertz CT molecular complexity index is 1320. The fraction of sp³-hybridized carbons (Fsp3) is 0.217. The Balaban J connectivity index is 1.33. The van der Waals surface area contributed by atoms with Crippen molar-refractivity contribution < 1.29 is 4.79 Å². The summed E-state index contributed by atoms with van der Waals surface area (Å²) in [5, 5.41) is 22.6. The zero-order valence-electron chi connectivity index (χ0n) is 17.1. The number of hydrogen-bond acceptors (Lipinski definition) is 6. The molecule has 4 aromatic rings.